The molecule has 4 amide bonds. The number of carbonyl (C=O) groups excluding carboxylic acids is 5. The molecule has 11 nitrogen and oxygen atoms in total. The summed E-state index contributed by atoms with van der Waals surface area (Å²) in [6.07, 6.45) is 6.80. The molecule has 1 heterocycles. The van der Waals surface area contributed by atoms with E-state index in [1.54, 1.807) is 11.2 Å². The van der Waals surface area contributed by atoms with Crippen molar-refractivity contribution in [3.8, 4) is 0 Å². The Morgan fingerprint density at radius 3 is 2.28 bits per heavy atom. The summed E-state index contributed by atoms with van der Waals surface area (Å²) in [7, 11) is 1.21. The van der Waals surface area contributed by atoms with Gasteiger partial charge in [0.25, 0.3) is 5.91 Å². The van der Waals surface area contributed by atoms with E-state index in [1.165, 1.54) is 18.9 Å². The monoisotopic (exact) mass is 528 g/mol. The molecule has 2 unspecified atom stereocenters. The third kappa shape index (κ3) is 8.36. The molecule has 3 N–H and O–H groups in total. The van der Waals surface area contributed by atoms with E-state index in [2.05, 4.69) is 16.0 Å². The lowest BCUT2D eigenvalue weighted by Gasteiger charge is -2.39. The molecule has 204 valence electrons. The Kier molecular flexibility index (Phi) is 12.5. The molecular weight excluding hydrogens is 488 g/mol. The molecule has 0 aromatic carbocycles. The van der Waals surface area contributed by atoms with E-state index in [4.69, 9.17) is 9.47 Å². The maximum Gasteiger partial charge on any atom is 0.329 e. The highest BCUT2D eigenvalue weighted by molar-refractivity contribution is 7.98. The first-order valence-corrected chi connectivity index (χ1v) is 14.0. The van der Waals surface area contributed by atoms with Crippen molar-refractivity contribution < 1.29 is 33.4 Å². The molecule has 1 aliphatic heterocycles. The highest BCUT2D eigenvalue weighted by atomic mass is 32.2. The number of Topliss-reactive ketones (excluding diaryl/α,β-unsaturated/α-hetero) is 1. The number of morpholine rings is 1. The smallest absolute Gasteiger partial charge is 0.329 e. The Labute approximate surface area is 217 Å². The molecule has 0 bridgehead atoms. The quantitative estimate of drug-likeness (QED) is 0.251. The van der Waals surface area contributed by atoms with Crippen LogP contribution in [0.4, 0.5) is 4.79 Å². The number of carbonyl (C=O) groups is 5. The largest absolute Gasteiger partial charge is 0.467 e. The first-order valence-electron chi connectivity index (χ1n) is 12.6. The average Bonchev–Trinajstić information content (AvgIpc) is 2.90. The number of hydrogen-bond acceptors (Lipinski definition) is 8. The van der Waals surface area contributed by atoms with Crippen LogP contribution in [-0.2, 0) is 28.7 Å². The summed E-state index contributed by atoms with van der Waals surface area (Å²) in [5, 5.41) is 8.16. The number of hydrogen-bond donors (Lipinski definition) is 3. The van der Waals surface area contributed by atoms with Crippen molar-refractivity contribution in [1.29, 1.82) is 0 Å². The Balaban J connectivity index is 2.16. The Morgan fingerprint density at radius 1 is 1.03 bits per heavy atom. The summed E-state index contributed by atoms with van der Waals surface area (Å²) >= 11 is 1.33. The topological polar surface area (TPSA) is 143 Å². The molecule has 2 atom stereocenters. The maximum atomic E-state index is 13.6. The van der Waals surface area contributed by atoms with E-state index in [0.717, 1.165) is 25.7 Å². The molecule has 0 spiro atoms. The predicted octanol–water partition coefficient (Wildman–Crippen LogP) is 0.996. The molecule has 1 saturated heterocycles. The van der Waals surface area contributed by atoms with Gasteiger partial charge < -0.3 is 30.3 Å². The molecule has 12 heteroatoms. The van der Waals surface area contributed by atoms with E-state index in [9.17, 15) is 24.0 Å². The van der Waals surface area contributed by atoms with Gasteiger partial charge in [-0.3, -0.25) is 14.4 Å². The molecule has 0 radical (unpaired) electrons. The van der Waals surface area contributed by atoms with Crippen molar-refractivity contribution >= 4 is 41.4 Å². The van der Waals surface area contributed by atoms with Gasteiger partial charge in [0.2, 0.25) is 11.7 Å². The number of amides is 4. The molecule has 36 heavy (non-hydrogen) atoms. The molecule has 0 aromatic rings. The minimum absolute atomic E-state index is 0.244. The van der Waals surface area contributed by atoms with Crippen molar-refractivity contribution in [3.63, 3.8) is 0 Å². The van der Waals surface area contributed by atoms with Crippen LogP contribution in [0.2, 0.25) is 0 Å². The molecule has 2 fully saturated rings. The van der Waals surface area contributed by atoms with E-state index in [1.807, 2.05) is 6.92 Å². The Morgan fingerprint density at radius 2 is 1.69 bits per heavy atom. The predicted molar refractivity (Wildman–Crippen MR) is 136 cm³/mol. The average molecular weight is 529 g/mol. The van der Waals surface area contributed by atoms with Gasteiger partial charge in [-0.05, 0) is 25.5 Å². The zero-order valence-electron chi connectivity index (χ0n) is 21.6. The molecule has 1 saturated carbocycles. The summed E-state index contributed by atoms with van der Waals surface area (Å²) in [6.45, 7) is 3.72. The van der Waals surface area contributed by atoms with Gasteiger partial charge in [-0.1, -0.05) is 39.0 Å². The normalized spacial score (nSPS) is 18.9. The second-order valence-corrected chi connectivity index (χ2v) is 10.1. The lowest BCUT2D eigenvalue weighted by molar-refractivity contribution is -0.146. The lowest BCUT2D eigenvalue weighted by atomic mass is 9.80. The Hall–Kier alpha value is -2.34. The molecule has 1 aliphatic carbocycles. The molecule has 0 aromatic heterocycles. The fourth-order valence-corrected chi connectivity index (χ4v) is 5.01. The number of esters is 1. The van der Waals surface area contributed by atoms with Gasteiger partial charge in [-0.15, -0.1) is 0 Å². The van der Waals surface area contributed by atoms with Gasteiger partial charge in [0.15, 0.2) is 0 Å². The second kappa shape index (κ2) is 15.0. The standard InChI is InChI=1S/C24H40N4O7S/c1-4-5-9-17(19(29)20(30)25-18(16-36-3)21(31)34-2)26-22(32)24(10-7-6-8-11-24)27-23(33)28-12-14-35-15-13-28/h17-18H,4-16H2,1-3H3,(H,25,30)(H,26,32)(H,27,33). The number of methoxy groups -OCH3 is 1. The zero-order chi connectivity index (χ0) is 26.6. The van der Waals surface area contributed by atoms with Crippen LogP contribution in [0.3, 0.4) is 0 Å². The fraction of sp³-hybridized carbons (Fsp3) is 0.792. The van der Waals surface area contributed by atoms with Crippen molar-refractivity contribution in [3.05, 3.63) is 0 Å². The van der Waals surface area contributed by atoms with Crippen molar-refractivity contribution in [2.45, 2.75) is 75.9 Å². The highest BCUT2D eigenvalue weighted by Crippen LogP contribution is 2.29. The van der Waals surface area contributed by atoms with E-state index >= 15 is 0 Å². The lowest BCUT2D eigenvalue weighted by Crippen LogP contribution is -2.65. The van der Waals surface area contributed by atoms with Crippen LogP contribution in [0.5, 0.6) is 0 Å². The SMILES string of the molecule is CCCCC(NC(=O)C1(NC(=O)N2CCOCC2)CCCCC1)C(=O)C(=O)NC(CSC)C(=O)OC. The van der Waals surface area contributed by atoms with Crippen LogP contribution in [0.25, 0.3) is 0 Å². The Bertz CT molecular complexity index is 782. The van der Waals surface area contributed by atoms with Crippen LogP contribution in [0.1, 0.15) is 58.3 Å². The van der Waals surface area contributed by atoms with Crippen LogP contribution in [0.15, 0.2) is 0 Å². The molecular formula is C24H40N4O7S. The van der Waals surface area contributed by atoms with Crippen molar-refractivity contribution in [2.75, 3.05) is 45.4 Å². The summed E-state index contributed by atoms with van der Waals surface area (Å²) in [5.74, 6) is -2.63. The third-order valence-electron chi connectivity index (χ3n) is 6.60. The minimum atomic E-state index is -1.15. The number of urea groups is 1. The van der Waals surface area contributed by atoms with Crippen LogP contribution < -0.4 is 16.0 Å². The summed E-state index contributed by atoms with van der Waals surface area (Å²) in [5.41, 5.74) is -1.15. The van der Waals surface area contributed by atoms with Crippen molar-refractivity contribution in [1.82, 2.24) is 20.9 Å². The van der Waals surface area contributed by atoms with Gasteiger partial charge in [-0.25, -0.2) is 9.59 Å². The molecule has 2 rings (SSSR count). The van der Waals surface area contributed by atoms with Gasteiger partial charge in [0, 0.05) is 18.8 Å². The third-order valence-corrected chi connectivity index (χ3v) is 7.27. The number of rotatable bonds is 12. The van der Waals surface area contributed by atoms with Crippen LogP contribution in [0, 0.1) is 0 Å². The number of nitrogens with zero attached hydrogens (tertiary/aromatic N) is 1. The van der Waals surface area contributed by atoms with E-state index in [-0.39, 0.29) is 18.2 Å². The number of ether oxygens (including phenoxy) is 2. The van der Waals surface area contributed by atoms with Gasteiger partial charge in [0.05, 0.1) is 26.4 Å². The number of unbranched alkanes of at least 4 members (excludes halogenated alkanes) is 1. The maximum absolute atomic E-state index is 13.6. The number of ketones is 1. The number of nitrogens with one attached hydrogen (secondary N) is 3. The first-order chi connectivity index (χ1) is 17.3. The summed E-state index contributed by atoms with van der Waals surface area (Å²) < 4.78 is 10.0. The second-order valence-electron chi connectivity index (χ2n) is 9.21. The van der Waals surface area contributed by atoms with Crippen LogP contribution >= 0.6 is 11.8 Å². The first kappa shape index (κ1) is 29.9. The minimum Gasteiger partial charge on any atom is -0.467 e. The van der Waals surface area contributed by atoms with Gasteiger partial charge in [-0.2, -0.15) is 11.8 Å². The highest BCUT2D eigenvalue weighted by Gasteiger charge is 2.43. The molecule has 2 aliphatic rings. The van der Waals surface area contributed by atoms with E-state index < -0.39 is 41.2 Å². The summed E-state index contributed by atoms with van der Waals surface area (Å²) in [6, 6.07) is -2.37. The number of thioether (sulfide) groups is 1. The van der Waals surface area contributed by atoms with Gasteiger partial charge >= 0.3 is 12.0 Å². The van der Waals surface area contributed by atoms with Crippen LogP contribution in [-0.4, -0.2) is 97.5 Å². The fourth-order valence-electron chi connectivity index (χ4n) is 4.45. The van der Waals surface area contributed by atoms with Gasteiger partial charge in [0.1, 0.15) is 11.6 Å². The van der Waals surface area contributed by atoms with E-state index in [0.29, 0.717) is 45.6 Å². The van der Waals surface area contributed by atoms with Crippen molar-refractivity contribution in [2.24, 2.45) is 0 Å². The zero-order valence-corrected chi connectivity index (χ0v) is 22.4. The summed E-state index contributed by atoms with van der Waals surface area (Å²) in [4.78, 5) is 66.0.